The van der Waals surface area contributed by atoms with Gasteiger partial charge in [-0.2, -0.15) is 10.5 Å². The molecule has 0 radical (unpaired) electrons. The lowest BCUT2D eigenvalue weighted by atomic mass is 10.1. The van der Waals surface area contributed by atoms with Gasteiger partial charge in [0, 0.05) is 17.6 Å². The normalized spacial score (nSPS) is 20.0. The summed E-state index contributed by atoms with van der Waals surface area (Å²) in [6.45, 7) is 0.407. The molecule has 1 aliphatic rings. The van der Waals surface area contributed by atoms with Crippen LogP contribution >= 0.6 is 11.6 Å². The molecule has 1 aromatic carbocycles. The fraction of sp³-hybridized carbons (Fsp3) is 0.357. The van der Waals surface area contributed by atoms with E-state index in [0.717, 1.165) is 5.56 Å². The zero-order valence-corrected chi connectivity index (χ0v) is 11.4. The quantitative estimate of drug-likeness (QED) is 0.799. The maximum Gasteiger partial charge on any atom is 0.239 e. The number of nitriles is 2. The van der Waals surface area contributed by atoms with Crippen molar-refractivity contribution in [2.75, 3.05) is 0 Å². The molecule has 0 bridgehead atoms. The number of carbonyl (C=O) groups excluding carboxylic acids is 1. The summed E-state index contributed by atoms with van der Waals surface area (Å²) in [6, 6.07) is 10.7. The van der Waals surface area contributed by atoms with Crippen LogP contribution in [-0.4, -0.2) is 18.0 Å². The minimum absolute atomic E-state index is 0.0846. The Morgan fingerprint density at radius 3 is 2.85 bits per heavy atom. The van der Waals surface area contributed by atoms with Crippen molar-refractivity contribution in [2.45, 2.75) is 25.0 Å². The lowest BCUT2D eigenvalue weighted by Gasteiger charge is -2.04. The van der Waals surface area contributed by atoms with Gasteiger partial charge in [0.2, 0.25) is 5.91 Å². The molecule has 6 heteroatoms. The fourth-order valence-corrected chi connectivity index (χ4v) is 2.18. The van der Waals surface area contributed by atoms with E-state index in [1.807, 2.05) is 24.3 Å². The van der Waals surface area contributed by atoms with Crippen molar-refractivity contribution in [3.63, 3.8) is 0 Å². The first kappa shape index (κ1) is 14.3. The second kappa shape index (κ2) is 6.38. The molecule has 0 spiro atoms. The van der Waals surface area contributed by atoms with Crippen LogP contribution in [0.1, 0.15) is 12.0 Å². The second-order valence-electron chi connectivity index (χ2n) is 4.65. The van der Waals surface area contributed by atoms with Crippen LogP contribution in [0.25, 0.3) is 0 Å². The molecule has 1 saturated heterocycles. The van der Waals surface area contributed by atoms with Crippen LogP contribution in [0.5, 0.6) is 0 Å². The lowest BCUT2D eigenvalue weighted by Crippen LogP contribution is -2.29. The van der Waals surface area contributed by atoms with Gasteiger partial charge in [0.1, 0.15) is 12.0 Å². The molecule has 0 aliphatic carbocycles. The van der Waals surface area contributed by atoms with Gasteiger partial charge in [-0.25, -0.2) is 0 Å². The molecular formula is C14H13ClN4O. The van der Waals surface area contributed by atoms with Crippen LogP contribution in [0.15, 0.2) is 24.3 Å². The van der Waals surface area contributed by atoms with Crippen molar-refractivity contribution < 1.29 is 4.79 Å². The van der Waals surface area contributed by atoms with Crippen molar-refractivity contribution in [3.8, 4) is 12.1 Å². The average Bonchev–Trinajstić information content (AvgIpc) is 3.21. The Kier molecular flexibility index (Phi) is 4.57. The van der Waals surface area contributed by atoms with Crippen LogP contribution in [-0.2, 0) is 11.3 Å². The predicted molar refractivity (Wildman–Crippen MR) is 73.3 cm³/mol. The topological polar surface area (TPSA) is 98.6 Å². The van der Waals surface area contributed by atoms with Gasteiger partial charge >= 0.3 is 0 Å². The highest BCUT2D eigenvalue weighted by molar-refractivity contribution is 6.30. The van der Waals surface area contributed by atoms with Gasteiger partial charge in [0.05, 0.1) is 12.1 Å². The number of nitrogens with zero attached hydrogens (tertiary/aromatic N) is 2. The van der Waals surface area contributed by atoms with E-state index >= 15 is 0 Å². The van der Waals surface area contributed by atoms with Gasteiger partial charge < -0.3 is 5.32 Å². The van der Waals surface area contributed by atoms with Crippen molar-refractivity contribution in [2.24, 2.45) is 5.92 Å². The zero-order chi connectivity index (χ0) is 14.5. The number of nitrogens with one attached hydrogen (secondary N) is 2. The van der Waals surface area contributed by atoms with Gasteiger partial charge in [-0.1, -0.05) is 23.7 Å². The molecule has 1 fully saturated rings. The van der Waals surface area contributed by atoms with Crippen LogP contribution in [0, 0.1) is 28.6 Å². The van der Waals surface area contributed by atoms with Gasteiger partial charge in [-0.05, 0) is 24.1 Å². The fourth-order valence-electron chi connectivity index (χ4n) is 1.97. The number of hydrogen-bond acceptors (Lipinski definition) is 4. The molecule has 102 valence electrons. The smallest absolute Gasteiger partial charge is 0.239 e. The third-order valence-electron chi connectivity index (χ3n) is 3.13. The molecule has 1 aliphatic heterocycles. The Morgan fingerprint density at radius 2 is 2.20 bits per heavy atom. The average molecular weight is 289 g/mol. The zero-order valence-electron chi connectivity index (χ0n) is 10.6. The van der Waals surface area contributed by atoms with E-state index in [-0.39, 0.29) is 18.0 Å². The van der Waals surface area contributed by atoms with Crippen LogP contribution in [0.4, 0.5) is 0 Å². The molecule has 2 N–H and O–H groups in total. The Hall–Kier alpha value is -2.08. The largest absolute Gasteiger partial charge is 0.351 e. The maximum absolute atomic E-state index is 11.9. The Balaban J connectivity index is 1.78. The van der Waals surface area contributed by atoms with Crippen molar-refractivity contribution >= 4 is 17.5 Å². The molecule has 2 atom stereocenters. The molecule has 20 heavy (non-hydrogen) atoms. The van der Waals surface area contributed by atoms with Crippen LogP contribution < -0.4 is 10.6 Å². The first-order valence-corrected chi connectivity index (χ1v) is 6.59. The Morgan fingerprint density at radius 1 is 1.45 bits per heavy atom. The lowest BCUT2D eigenvalue weighted by molar-refractivity contribution is -0.120. The molecular weight excluding hydrogens is 276 g/mol. The molecule has 0 aromatic heterocycles. The summed E-state index contributed by atoms with van der Waals surface area (Å²) in [5.74, 6) is -0.789. The summed E-state index contributed by atoms with van der Waals surface area (Å²) in [6.07, 6.45) is 0.377. The van der Waals surface area contributed by atoms with E-state index in [2.05, 4.69) is 10.6 Å². The number of amides is 1. The molecule has 0 saturated carbocycles. The molecule has 1 aromatic rings. The van der Waals surface area contributed by atoms with E-state index in [9.17, 15) is 4.79 Å². The highest BCUT2D eigenvalue weighted by Crippen LogP contribution is 2.20. The first-order valence-electron chi connectivity index (χ1n) is 6.21. The summed E-state index contributed by atoms with van der Waals surface area (Å²) in [5.41, 5.74) is 0.926. The first-order chi connectivity index (χ1) is 9.63. The van der Waals surface area contributed by atoms with E-state index in [1.54, 1.807) is 12.1 Å². The van der Waals surface area contributed by atoms with E-state index in [1.165, 1.54) is 0 Å². The number of carbonyl (C=O) groups is 1. The number of benzene rings is 1. The summed E-state index contributed by atoms with van der Waals surface area (Å²) in [4.78, 5) is 11.9. The minimum Gasteiger partial charge on any atom is -0.351 e. The van der Waals surface area contributed by atoms with Gasteiger partial charge in [0.25, 0.3) is 0 Å². The maximum atomic E-state index is 11.9. The van der Waals surface area contributed by atoms with Crippen LogP contribution in [0.2, 0.25) is 5.02 Å². The minimum atomic E-state index is -0.668. The molecule has 2 unspecified atom stereocenters. The van der Waals surface area contributed by atoms with Crippen molar-refractivity contribution in [1.29, 1.82) is 10.5 Å². The van der Waals surface area contributed by atoms with Crippen molar-refractivity contribution in [3.05, 3.63) is 34.9 Å². The summed E-state index contributed by atoms with van der Waals surface area (Å²) in [5, 5.41) is 23.8. The van der Waals surface area contributed by atoms with Gasteiger partial charge in [-0.3, -0.25) is 10.1 Å². The standard InChI is InChI=1S/C14H13ClN4O/c15-11-3-1-2-9(4-11)8-18-14(20)13-12(19-13)5-10(6-16)7-17/h1-4,10,12-13,19H,5,8H2,(H,18,20). The third kappa shape index (κ3) is 3.71. The van der Waals surface area contributed by atoms with Gasteiger partial charge in [-0.15, -0.1) is 0 Å². The molecule has 1 heterocycles. The summed E-state index contributed by atoms with van der Waals surface area (Å²) >= 11 is 5.86. The van der Waals surface area contributed by atoms with Gasteiger partial charge in [0.15, 0.2) is 0 Å². The number of rotatable bonds is 5. The SMILES string of the molecule is N#CC(C#N)CC1NC1C(=O)NCc1cccc(Cl)c1. The number of hydrogen-bond donors (Lipinski definition) is 2. The Labute approximate surface area is 122 Å². The molecule has 2 rings (SSSR count). The summed E-state index contributed by atoms with van der Waals surface area (Å²) in [7, 11) is 0. The van der Waals surface area contributed by atoms with E-state index in [4.69, 9.17) is 22.1 Å². The highest BCUT2D eigenvalue weighted by atomic mass is 35.5. The predicted octanol–water partition coefficient (Wildman–Crippen LogP) is 1.35. The van der Waals surface area contributed by atoms with E-state index in [0.29, 0.717) is 18.0 Å². The van der Waals surface area contributed by atoms with E-state index < -0.39 is 5.92 Å². The summed E-state index contributed by atoms with van der Waals surface area (Å²) < 4.78 is 0. The highest BCUT2D eigenvalue weighted by Gasteiger charge is 2.43. The molecule has 5 nitrogen and oxygen atoms in total. The number of halogens is 1. The molecule has 1 amide bonds. The van der Waals surface area contributed by atoms with Crippen LogP contribution in [0.3, 0.4) is 0 Å². The Bertz CT molecular complexity index is 576. The van der Waals surface area contributed by atoms with Crippen molar-refractivity contribution in [1.82, 2.24) is 10.6 Å². The monoisotopic (exact) mass is 288 g/mol. The second-order valence-corrected chi connectivity index (χ2v) is 5.08. The third-order valence-corrected chi connectivity index (χ3v) is 3.36.